The van der Waals surface area contributed by atoms with Gasteiger partial charge in [-0.3, -0.25) is 48.1 Å². The van der Waals surface area contributed by atoms with E-state index in [0.29, 0.717) is 109 Å². The van der Waals surface area contributed by atoms with Crippen LogP contribution < -0.4 is 21.2 Å². The van der Waals surface area contributed by atoms with Crippen molar-refractivity contribution in [1.29, 1.82) is 0 Å². The number of hydrogen-bond acceptors (Lipinski definition) is 17. The Morgan fingerprint density at radius 3 is 2.08 bits per heavy atom. The Morgan fingerprint density at radius 1 is 0.798 bits per heavy atom. The lowest BCUT2D eigenvalue weighted by molar-refractivity contribution is -0.437. The number of aliphatic hydroxyl groups excluding tert-OH is 2. The smallest absolute Gasteiger partial charge is 0.351 e. The predicted molar refractivity (Wildman–Crippen MR) is 331 cm³/mol. The van der Waals surface area contributed by atoms with E-state index in [2.05, 4.69) is 107 Å². The number of ether oxygens (including phenoxy) is 3. The van der Waals surface area contributed by atoms with Gasteiger partial charge in [0, 0.05) is 124 Å². The summed E-state index contributed by atoms with van der Waals surface area (Å²) >= 11 is 7.38. The minimum Gasteiger partial charge on any atom is -0.480 e. The number of carboxylic acid groups (broad SMARTS) is 1. The number of alkyl halides is 2. The zero-order chi connectivity index (χ0) is 63.9. The van der Waals surface area contributed by atoms with Gasteiger partial charge in [0.25, 0.3) is 12.9 Å². The van der Waals surface area contributed by atoms with Crippen LogP contribution in [0.3, 0.4) is 0 Å². The number of halogens is 3. The molecule has 1 aliphatic carbocycles. The van der Waals surface area contributed by atoms with Crippen LogP contribution in [0.5, 0.6) is 0 Å². The number of amides is 2. The molecule has 0 saturated carbocycles. The van der Waals surface area contributed by atoms with Gasteiger partial charge in [-0.2, -0.15) is 18.3 Å². The molecule has 3 atom stereocenters. The van der Waals surface area contributed by atoms with Crippen molar-refractivity contribution in [3.05, 3.63) is 129 Å². The van der Waals surface area contributed by atoms with Crippen LogP contribution in [0.25, 0.3) is 0 Å². The first kappa shape index (κ1) is 67.9. The molecule has 89 heavy (non-hydrogen) atoms. The number of fused-ring (bicyclic) bond motifs is 2. The monoisotopic (exact) mass is 1260 g/mol. The van der Waals surface area contributed by atoms with Crippen molar-refractivity contribution in [2.24, 2.45) is 0 Å². The molecule has 2 amide bonds. The van der Waals surface area contributed by atoms with E-state index in [1.807, 2.05) is 37.8 Å². The van der Waals surface area contributed by atoms with Crippen molar-refractivity contribution in [1.82, 2.24) is 34.5 Å². The Bertz CT molecular complexity index is 3240. The standard InChI is InChI=1S/C64H83ClF2N10O12/c1-62(2)47-16-7-9-18-49(47)75(27-11-5-6-20-55(81)69-54-25-29-77(61(86)70-54)60-64(66,67)59(85)51(40-78)89-60)52(62)23-21-45-14-12-15-46(58(45)65)22-24-53-63(3,4)48-17-8-10-19-50(48)76(53)28-13-26-68-56(82)38-71-30-31-72(39-57(83)84)33-35-74(42-88-44-80)37-36-73(34-32-71)41-87-43-79/h7-10,16-19,21-25,29,43-44,51,59-60,78,85H,5-6,11-15,20,26-28,30-42H2,1-4H3,(H2-,68,69,70,81,82,83,84,86)/p+1. The number of allylic oxidation sites excluding steroid dienone is 8. The van der Waals surface area contributed by atoms with Crippen molar-refractivity contribution >= 4 is 65.2 Å². The second-order valence-electron chi connectivity index (χ2n) is 24.1. The summed E-state index contributed by atoms with van der Waals surface area (Å²) in [6.45, 7) is 14.0. The molecule has 3 aromatic rings. The average Bonchev–Trinajstić information content (AvgIpc) is 1.64. The number of aromatic nitrogens is 2. The molecule has 5 heterocycles. The van der Waals surface area contributed by atoms with Crippen LogP contribution in [0, 0.1) is 0 Å². The van der Waals surface area contributed by atoms with Crippen LogP contribution >= 0.6 is 11.6 Å². The molecule has 2 fully saturated rings. The van der Waals surface area contributed by atoms with E-state index >= 15 is 0 Å². The van der Waals surface area contributed by atoms with E-state index in [0.717, 1.165) is 70.8 Å². The van der Waals surface area contributed by atoms with E-state index in [1.54, 1.807) is 0 Å². The minimum atomic E-state index is -3.86. The molecule has 8 rings (SSSR count). The van der Waals surface area contributed by atoms with E-state index in [-0.39, 0.29) is 55.5 Å². The molecular formula is C64H84ClF2N10O12+. The number of carbonyl (C=O) groups excluding carboxylic acids is 4. The van der Waals surface area contributed by atoms with Crippen molar-refractivity contribution in [3.63, 3.8) is 0 Å². The number of carbonyl (C=O) groups is 5. The minimum absolute atomic E-state index is 0.0376. The molecule has 25 heteroatoms. The largest absolute Gasteiger partial charge is 0.480 e. The van der Waals surface area contributed by atoms with Gasteiger partial charge in [-0.15, -0.1) is 0 Å². The molecule has 5 aliphatic rings. The van der Waals surface area contributed by atoms with E-state index in [1.165, 1.54) is 17.2 Å². The number of hydrogen-bond donors (Lipinski definition) is 5. The first-order valence-corrected chi connectivity index (χ1v) is 30.8. The maximum atomic E-state index is 14.7. The highest BCUT2D eigenvalue weighted by molar-refractivity contribution is 6.32. The molecule has 0 radical (unpaired) electrons. The molecular weight excluding hydrogens is 1170 g/mol. The third kappa shape index (κ3) is 16.9. The molecule has 3 unspecified atom stereocenters. The average molecular weight is 1260 g/mol. The number of nitrogens with one attached hydrogen (secondary N) is 2. The SMILES string of the molecule is CC1(C)C(/C=C/C2=C(Cl)C(=C/C=C3/N(CCCCCC(=O)Nc4ccn(C5OC(CO)C(O)C5(F)F)c(=O)n4)c4ccccc4C3(C)C)/CCC2)=[N+](CCCNC(=O)CN2CCN(COC=O)CCN(COC=O)CCN(CC(=O)O)CC2)c2ccccc21. The van der Waals surface area contributed by atoms with Crippen molar-refractivity contribution in [3.8, 4) is 0 Å². The van der Waals surface area contributed by atoms with Gasteiger partial charge >= 0.3 is 17.6 Å². The van der Waals surface area contributed by atoms with Crippen LogP contribution in [-0.4, -0.2) is 209 Å². The van der Waals surface area contributed by atoms with Crippen molar-refractivity contribution in [2.45, 2.75) is 114 Å². The topological polar surface area (TPSA) is 252 Å². The first-order chi connectivity index (χ1) is 42.7. The lowest BCUT2D eigenvalue weighted by atomic mass is 9.81. The fourth-order valence-corrected chi connectivity index (χ4v) is 12.7. The van der Waals surface area contributed by atoms with E-state index in [9.17, 15) is 52.9 Å². The highest BCUT2D eigenvalue weighted by Gasteiger charge is 2.59. The van der Waals surface area contributed by atoms with Gasteiger partial charge in [0.05, 0.1) is 25.1 Å². The quantitative estimate of drug-likeness (QED) is 0.0372. The summed E-state index contributed by atoms with van der Waals surface area (Å²) < 4.78 is 47.4. The predicted octanol–water partition coefficient (Wildman–Crippen LogP) is 5.62. The molecule has 0 spiro atoms. The van der Waals surface area contributed by atoms with Crippen LogP contribution in [0.4, 0.5) is 26.0 Å². The molecule has 5 N–H and O–H groups in total. The summed E-state index contributed by atoms with van der Waals surface area (Å²) in [7, 11) is 0. The molecule has 4 aliphatic heterocycles. The summed E-state index contributed by atoms with van der Waals surface area (Å²) in [6.07, 6.45) is 8.97. The number of para-hydroxylation sites is 2. The second-order valence-corrected chi connectivity index (χ2v) is 24.5. The summed E-state index contributed by atoms with van der Waals surface area (Å²) in [6, 6.07) is 18.0. The molecule has 2 saturated heterocycles. The molecule has 2 aromatic carbocycles. The van der Waals surface area contributed by atoms with Crippen LogP contribution in [0.2, 0.25) is 0 Å². The number of rotatable bonds is 26. The number of unbranched alkanes of at least 4 members (excludes halogenated alkanes) is 2. The number of carboxylic acids is 1. The van der Waals surface area contributed by atoms with Gasteiger partial charge < -0.3 is 45.1 Å². The Balaban J connectivity index is 0.896. The maximum Gasteiger partial charge on any atom is 0.351 e. The zero-order valence-corrected chi connectivity index (χ0v) is 51.9. The Morgan fingerprint density at radius 2 is 1.44 bits per heavy atom. The Labute approximate surface area is 522 Å². The number of nitrogens with zero attached hydrogens (tertiary/aromatic N) is 8. The summed E-state index contributed by atoms with van der Waals surface area (Å²) in [5.41, 5.74) is 7.16. The number of aliphatic carboxylic acids is 1. The molecule has 0 bridgehead atoms. The lowest BCUT2D eigenvalue weighted by Crippen LogP contribution is -2.49. The van der Waals surface area contributed by atoms with Gasteiger partial charge in [-0.1, -0.05) is 80.4 Å². The summed E-state index contributed by atoms with van der Waals surface area (Å²) in [4.78, 5) is 87.0. The maximum absolute atomic E-state index is 14.7. The Kier molecular flexibility index (Phi) is 23.7. The van der Waals surface area contributed by atoms with Gasteiger partial charge in [0.1, 0.15) is 25.4 Å². The third-order valence-corrected chi connectivity index (χ3v) is 17.8. The van der Waals surface area contributed by atoms with Crippen LogP contribution in [-0.2, 0) is 49.0 Å². The van der Waals surface area contributed by atoms with Gasteiger partial charge in [-0.05, 0) is 80.9 Å². The fourth-order valence-electron chi connectivity index (χ4n) is 12.4. The Hall–Kier alpha value is -7.03. The lowest BCUT2D eigenvalue weighted by Gasteiger charge is -2.33. The molecule has 22 nitrogen and oxygen atoms in total. The van der Waals surface area contributed by atoms with E-state index in [4.69, 9.17) is 25.8 Å². The van der Waals surface area contributed by atoms with Gasteiger partial charge in [-0.25, -0.2) is 4.79 Å². The second kappa shape index (κ2) is 31.1. The number of anilines is 2. The normalized spacial score (nSPS) is 22.7. The molecule has 1 aromatic heterocycles. The highest BCUT2D eigenvalue weighted by Crippen LogP contribution is 2.48. The third-order valence-electron chi connectivity index (χ3n) is 17.3. The van der Waals surface area contributed by atoms with Crippen molar-refractivity contribution in [2.75, 3.05) is 115 Å². The zero-order valence-electron chi connectivity index (χ0n) is 51.2. The fraction of sp³-hybridized carbons (Fsp3) is 0.531. The number of benzene rings is 2. The molecule has 482 valence electrons. The van der Waals surface area contributed by atoms with Gasteiger partial charge in [0.15, 0.2) is 18.4 Å². The van der Waals surface area contributed by atoms with Gasteiger partial charge in [0.2, 0.25) is 23.7 Å². The summed E-state index contributed by atoms with van der Waals surface area (Å²) in [5, 5.41) is 35.3. The van der Waals surface area contributed by atoms with Crippen molar-refractivity contribution < 1.29 is 66.9 Å². The van der Waals surface area contributed by atoms with Crippen LogP contribution in [0.1, 0.15) is 96.4 Å². The first-order valence-electron chi connectivity index (χ1n) is 30.5. The summed E-state index contributed by atoms with van der Waals surface area (Å²) in [5.74, 6) is -5.50. The number of aliphatic hydroxyl groups is 2. The van der Waals surface area contributed by atoms with E-state index < -0.39 is 48.5 Å². The highest BCUT2D eigenvalue weighted by atomic mass is 35.5. The van der Waals surface area contributed by atoms with Crippen LogP contribution in [0.15, 0.2) is 112 Å².